The molecule has 2 aromatic rings. The zero-order valence-electron chi connectivity index (χ0n) is 13.3. The largest absolute Gasteiger partial charge is 0.352 e. The van der Waals surface area contributed by atoms with E-state index in [2.05, 4.69) is 22.3 Å². The maximum atomic E-state index is 12.0. The molecule has 0 unspecified atom stereocenters. The van der Waals surface area contributed by atoms with Crippen LogP contribution < -0.4 is 10.6 Å². The normalized spacial score (nSPS) is 10.2. The van der Waals surface area contributed by atoms with Gasteiger partial charge in [-0.25, -0.2) is 4.68 Å². The van der Waals surface area contributed by atoms with Crippen molar-refractivity contribution in [3.63, 3.8) is 0 Å². The Bertz CT molecular complexity index is 734. The first-order chi connectivity index (χ1) is 11.0. The van der Waals surface area contributed by atoms with Gasteiger partial charge in [0.05, 0.1) is 17.1 Å². The Morgan fingerprint density at radius 3 is 2.70 bits per heavy atom. The summed E-state index contributed by atoms with van der Waals surface area (Å²) in [5.41, 5.74) is 3.39. The van der Waals surface area contributed by atoms with E-state index in [0.717, 1.165) is 17.1 Å². The average Bonchev–Trinajstić information content (AvgIpc) is 2.86. The summed E-state index contributed by atoms with van der Waals surface area (Å²) in [6.07, 6.45) is 1.36. The highest BCUT2D eigenvalue weighted by atomic mass is 16.2. The maximum Gasteiger partial charge on any atom is 0.243 e. The lowest BCUT2D eigenvalue weighted by atomic mass is 10.2. The molecule has 2 amide bonds. The van der Waals surface area contributed by atoms with Gasteiger partial charge in [0, 0.05) is 18.7 Å². The van der Waals surface area contributed by atoms with E-state index in [-0.39, 0.29) is 24.8 Å². The lowest BCUT2D eigenvalue weighted by molar-refractivity contribution is -0.117. The smallest absolute Gasteiger partial charge is 0.243 e. The highest BCUT2D eigenvalue weighted by Crippen LogP contribution is 2.21. The Hall–Kier alpha value is -2.89. The van der Waals surface area contributed by atoms with Crippen LogP contribution in [0.1, 0.15) is 17.8 Å². The molecule has 0 spiro atoms. The van der Waals surface area contributed by atoms with Crippen molar-refractivity contribution in [3.05, 3.63) is 54.4 Å². The summed E-state index contributed by atoms with van der Waals surface area (Å²) in [6, 6.07) is 9.44. The third-order valence-corrected chi connectivity index (χ3v) is 3.25. The molecule has 0 aliphatic heterocycles. The van der Waals surface area contributed by atoms with Gasteiger partial charge in [-0.05, 0) is 38.1 Å². The van der Waals surface area contributed by atoms with Gasteiger partial charge in [0.2, 0.25) is 11.8 Å². The number of benzene rings is 1. The zero-order chi connectivity index (χ0) is 16.8. The average molecular weight is 312 g/mol. The molecular formula is C17H20N4O2. The fraction of sp³-hybridized carbons (Fsp3) is 0.235. The van der Waals surface area contributed by atoms with Gasteiger partial charge in [0.15, 0.2) is 0 Å². The Labute approximate surface area is 135 Å². The van der Waals surface area contributed by atoms with Crippen LogP contribution in [0.2, 0.25) is 0 Å². The molecule has 6 heteroatoms. The summed E-state index contributed by atoms with van der Waals surface area (Å²) in [6.45, 7) is 7.51. The molecule has 23 heavy (non-hydrogen) atoms. The van der Waals surface area contributed by atoms with E-state index in [1.807, 2.05) is 44.2 Å². The Morgan fingerprint density at radius 1 is 1.30 bits per heavy atom. The number of amides is 2. The van der Waals surface area contributed by atoms with E-state index in [1.54, 1.807) is 4.68 Å². The number of aromatic nitrogens is 2. The standard InChI is InChI=1S/C17H20N4O2/c1-4-16(22)18-10-9-17(23)19-14-7-5-6-8-15(14)21-13(3)11-12(2)20-21/h4-8,11H,1,9-10H2,2-3H3,(H,18,22)(H,19,23). The first-order valence-electron chi connectivity index (χ1n) is 7.34. The number of anilines is 1. The predicted molar refractivity (Wildman–Crippen MR) is 89.5 cm³/mol. The van der Waals surface area contributed by atoms with Crippen LogP contribution in [0.15, 0.2) is 43.0 Å². The lowest BCUT2D eigenvalue weighted by Crippen LogP contribution is -2.26. The van der Waals surface area contributed by atoms with E-state index >= 15 is 0 Å². The fourth-order valence-electron chi connectivity index (χ4n) is 2.22. The SMILES string of the molecule is C=CC(=O)NCCC(=O)Nc1ccccc1-n1nc(C)cc1C. The van der Waals surface area contributed by atoms with Crippen molar-refractivity contribution in [2.45, 2.75) is 20.3 Å². The molecule has 120 valence electrons. The fourth-order valence-corrected chi connectivity index (χ4v) is 2.22. The molecule has 0 saturated carbocycles. The van der Waals surface area contributed by atoms with Crippen LogP contribution in [0.5, 0.6) is 0 Å². The van der Waals surface area contributed by atoms with Gasteiger partial charge in [0.1, 0.15) is 0 Å². The second-order valence-corrected chi connectivity index (χ2v) is 5.15. The Balaban J connectivity index is 2.09. The molecule has 0 fully saturated rings. The van der Waals surface area contributed by atoms with Crippen molar-refractivity contribution in [3.8, 4) is 5.69 Å². The number of para-hydroxylation sites is 2. The van der Waals surface area contributed by atoms with Gasteiger partial charge in [-0.3, -0.25) is 9.59 Å². The minimum absolute atomic E-state index is 0.177. The quantitative estimate of drug-likeness (QED) is 0.802. The summed E-state index contributed by atoms with van der Waals surface area (Å²) < 4.78 is 1.80. The van der Waals surface area contributed by atoms with E-state index < -0.39 is 0 Å². The minimum atomic E-state index is -0.291. The Morgan fingerprint density at radius 2 is 2.04 bits per heavy atom. The predicted octanol–water partition coefficient (Wildman–Crippen LogP) is 2.12. The van der Waals surface area contributed by atoms with Crippen LogP contribution in [0.3, 0.4) is 0 Å². The minimum Gasteiger partial charge on any atom is -0.352 e. The van der Waals surface area contributed by atoms with E-state index in [9.17, 15) is 9.59 Å². The molecule has 0 aliphatic rings. The summed E-state index contributed by atoms with van der Waals surface area (Å²) in [5.74, 6) is -0.468. The number of carbonyl (C=O) groups is 2. The number of rotatable bonds is 6. The number of nitrogens with zero attached hydrogens (tertiary/aromatic N) is 2. The molecule has 1 aromatic carbocycles. The topological polar surface area (TPSA) is 76.0 Å². The summed E-state index contributed by atoms with van der Waals surface area (Å²) in [5, 5.41) is 9.87. The summed E-state index contributed by atoms with van der Waals surface area (Å²) in [4.78, 5) is 23.1. The van der Waals surface area contributed by atoms with Gasteiger partial charge in [-0.1, -0.05) is 18.7 Å². The molecule has 2 N–H and O–H groups in total. The van der Waals surface area contributed by atoms with Gasteiger partial charge in [-0.2, -0.15) is 5.10 Å². The van der Waals surface area contributed by atoms with Gasteiger partial charge < -0.3 is 10.6 Å². The van der Waals surface area contributed by atoms with Crippen molar-refractivity contribution in [2.24, 2.45) is 0 Å². The van der Waals surface area contributed by atoms with Crippen molar-refractivity contribution in [1.29, 1.82) is 0 Å². The van der Waals surface area contributed by atoms with Crippen LogP contribution >= 0.6 is 0 Å². The lowest BCUT2D eigenvalue weighted by Gasteiger charge is -2.12. The van der Waals surface area contributed by atoms with Crippen molar-refractivity contribution < 1.29 is 9.59 Å². The van der Waals surface area contributed by atoms with Crippen molar-refractivity contribution in [2.75, 3.05) is 11.9 Å². The van der Waals surface area contributed by atoms with Crippen LogP contribution in [0.4, 0.5) is 5.69 Å². The van der Waals surface area contributed by atoms with E-state index in [4.69, 9.17) is 0 Å². The van der Waals surface area contributed by atoms with Crippen molar-refractivity contribution in [1.82, 2.24) is 15.1 Å². The summed E-state index contributed by atoms with van der Waals surface area (Å²) in [7, 11) is 0. The summed E-state index contributed by atoms with van der Waals surface area (Å²) >= 11 is 0. The number of nitrogens with one attached hydrogen (secondary N) is 2. The third-order valence-electron chi connectivity index (χ3n) is 3.25. The molecule has 6 nitrogen and oxygen atoms in total. The van der Waals surface area contributed by atoms with E-state index in [1.165, 1.54) is 6.08 Å². The molecule has 0 bridgehead atoms. The first-order valence-corrected chi connectivity index (χ1v) is 7.34. The van der Waals surface area contributed by atoms with Crippen LogP contribution in [-0.4, -0.2) is 28.1 Å². The molecule has 0 saturated heterocycles. The van der Waals surface area contributed by atoms with Gasteiger partial charge >= 0.3 is 0 Å². The molecule has 1 heterocycles. The van der Waals surface area contributed by atoms with Crippen molar-refractivity contribution >= 4 is 17.5 Å². The Kier molecular flexibility index (Phi) is 5.30. The van der Waals surface area contributed by atoms with Crippen LogP contribution in [0, 0.1) is 13.8 Å². The maximum absolute atomic E-state index is 12.0. The second-order valence-electron chi connectivity index (χ2n) is 5.15. The first kappa shape index (κ1) is 16.5. The number of hydrogen-bond donors (Lipinski definition) is 2. The van der Waals surface area contributed by atoms with E-state index in [0.29, 0.717) is 5.69 Å². The number of carbonyl (C=O) groups excluding carboxylic acids is 2. The second kappa shape index (κ2) is 7.40. The monoisotopic (exact) mass is 312 g/mol. The molecule has 1 aromatic heterocycles. The van der Waals surface area contributed by atoms with Gasteiger partial charge in [-0.15, -0.1) is 0 Å². The van der Waals surface area contributed by atoms with Crippen LogP contribution in [-0.2, 0) is 9.59 Å². The highest BCUT2D eigenvalue weighted by Gasteiger charge is 2.11. The highest BCUT2D eigenvalue weighted by molar-refractivity contribution is 5.93. The molecular weight excluding hydrogens is 292 g/mol. The molecule has 0 atom stereocenters. The zero-order valence-corrected chi connectivity index (χ0v) is 13.3. The number of aryl methyl sites for hydroxylation is 2. The third kappa shape index (κ3) is 4.29. The molecule has 2 rings (SSSR count). The molecule has 0 aliphatic carbocycles. The molecule has 0 radical (unpaired) electrons. The van der Waals surface area contributed by atoms with Crippen LogP contribution in [0.25, 0.3) is 5.69 Å². The van der Waals surface area contributed by atoms with Gasteiger partial charge in [0.25, 0.3) is 0 Å². The number of hydrogen-bond acceptors (Lipinski definition) is 3.